The lowest BCUT2D eigenvalue weighted by Gasteiger charge is -2.25. The van der Waals surface area contributed by atoms with Crippen LogP contribution in [0.15, 0.2) is 18.2 Å². The van der Waals surface area contributed by atoms with Gasteiger partial charge in [0, 0.05) is 13.6 Å². The minimum Gasteiger partial charge on any atom is -0.478 e. The number of carbonyl (C=O) groups is 2. The van der Waals surface area contributed by atoms with Gasteiger partial charge in [-0.2, -0.15) is 0 Å². The topological polar surface area (TPSA) is 69.6 Å². The zero-order valence-corrected chi connectivity index (χ0v) is 10.9. The van der Waals surface area contributed by atoms with E-state index in [0.717, 1.165) is 6.07 Å². The molecule has 0 bridgehead atoms. The Bertz CT molecular complexity index is 477. The summed E-state index contributed by atoms with van der Waals surface area (Å²) in [6, 6.07) is 4.03. The number of halogens is 1. The van der Waals surface area contributed by atoms with Crippen LogP contribution in [0.4, 0.5) is 10.1 Å². The Morgan fingerprint density at radius 2 is 2.11 bits per heavy atom. The third-order valence-corrected chi connectivity index (χ3v) is 2.65. The van der Waals surface area contributed by atoms with E-state index in [1.807, 2.05) is 6.92 Å². The van der Waals surface area contributed by atoms with Crippen LogP contribution in [0.1, 0.15) is 23.7 Å². The van der Waals surface area contributed by atoms with Crippen LogP contribution in [0.2, 0.25) is 0 Å². The van der Waals surface area contributed by atoms with Gasteiger partial charge >= 0.3 is 5.97 Å². The molecule has 0 saturated carbocycles. The van der Waals surface area contributed by atoms with Crippen LogP contribution in [0.25, 0.3) is 0 Å². The minimum absolute atomic E-state index is 0.00588. The third-order valence-electron chi connectivity index (χ3n) is 2.65. The van der Waals surface area contributed by atoms with Gasteiger partial charge in [-0.05, 0) is 18.6 Å². The summed E-state index contributed by atoms with van der Waals surface area (Å²) in [6.45, 7) is 2.36. The normalized spacial score (nSPS) is 10.1. The Hall–Kier alpha value is -2.11. The summed E-state index contributed by atoms with van der Waals surface area (Å²) in [4.78, 5) is 24.1. The molecule has 1 amide bonds. The number of nitrogens with one attached hydrogen (secondary N) is 1. The van der Waals surface area contributed by atoms with E-state index >= 15 is 0 Å². The third kappa shape index (κ3) is 3.67. The highest BCUT2D eigenvalue weighted by molar-refractivity contribution is 5.95. The lowest BCUT2D eigenvalue weighted by Crippen LogP contribution is -2.37. The largest absolute Gasteiger partial charge is 0.478 e. The first-order valence-corrected chi connectivity index (χ1v) is 5.98. The maximum absolute atomic E-state index is 13.6. The van der Waals surface area contributed by atoms with Crippen molar-refractivity contribution in [2.75, 3.05) is 25.0 Å². The molecule has 5 nitrogen and oxygen atoms in total. The highest BCUT2D eigenvalue weighted by Crippen LogP contribution is 2.23. The van der Waals surface area contributed by atoms with E-state index in [4.69, 9.17) is 5.11 Å². The molecule has 0 aromatic heterocycles. The molecule has 0 atom stereocenters. The maximum atomic E-state index is 13.6. The van der Waals surface area contributed by atoms with Crippen molar-refractivity contribution in [2.45, 2.75) is 13.3 Å². The number of amides is 1. The van der Waals surface area contributed by atoms with E-state index in [1.54, 1.807) is 4.90 Å². The van der Waals surface area contributed by atoms with E-state index in [0.29, 0.717) is 13.0 Å². The molecule has 1 rings (SSSR count). The molecule has 2 N–H and O–H groups in total. The van der Waals surface area contributed by atoms with Gasteiger partial charge in [0.05, 0.1) is 12.2 Å². The van der Waals surface area contributed by atoms with Crippen LogP contribution < -0.4 is 10.2 Å². The first-order valence-electron chi connectivity index (χ1n) is 5.98. The molecule has 19 heavy (non-hydrogen) atoms. The van der Waals surface area contributed by atoms with Gasteiger partial charge in [-0.1, -0.05) is 13.0 Å². The summed E-state index contributed by atoms with van der Waals surface area (Å²) in [6.07, 6.45) is 0.715. The fourth-order valence-corrected chi connectivity index (χ4v) is 1.79. The molecule has 0 saturated heterocycles. The monoisotopic (exact) mass is 268 g/mol. The van der Waals surface area contributed by atoms with E-state index in [1.165, 1.54) is 19.2 Å². The van der Waals surface area contributed by atoms with E-state index < -0.39 is 17.3 Å². The van der Waals surface area contributed by atoms with Gasteiger partial charge in [0.1, 0.15) is 11.4 Å². The SMILES string of the molecule is CCCN(CC(=O)NC)c1cccc(F)c1C(=O)O. The van der Waals surface area contributed by atoms with Crippen molar-refractivity contribution in [1.82, 2.24) is 5.32 Å². The van der Waals surface area contributed by atoms with Gasteiger partial charge in [0.2, 0.25) is 5.91 Å². The molecule has 0 spiro atoms. The summed E-state index contributed by atoms with van der Waals surface area (Å²) < 4.78 is 13.6. The molecule has 6 heteroatoms. The van der Waals surface area contributed by atoms with Gasteiger partial charge in [0.15, 0.2) is 0 Å². The molecular weight excluding hydrogens is 251 g/mol. The summed E-state index contributed by atoms with van der Waals surface area (Å²) in [7, 11) is 1.50. The molecule has 0 aliphatic heterocycles. The second-order valence-electron chi connectivity index (χ2n) is 4.03. The summed E-state index contributed by atoms with van der Waals surface area (Å²) in [5, 5.41) is 11.6. The number of hydrogen-bond acceptors (Lipinski definition) is 3. The van der Waals surface area contributed by atoms with Crippen LogP contribution in [0.3, 0.4) is 0 Å². The fraction of sp³-hybridized carbons (Fsp3) is 0.385. The van der Waals surface area contributed by atoms with Crippen molar-refractivity contribution in [2.24, 2.45) is 0 Å². The second-order valence-corrected chi connectivity index (χ2v) is 4.03. The Kier molecular flexibility index (Phi) is 5.29. The molecule has 1 aromatic rings. The van der Waals surface area contributed by atoms with Crippen LogP contribution in [-0.2, 0) is 4.79 Å². The first kappa shape index (κ1) is 14.9. The number of rotatable bonds is 6. The minimum atomic E-state index is -1.34. The number of nitrogens with zero attached hydrogens (tertiary/aromatic N) is 1. The lowest BCUT2D eigenvalue weighted by atomic mass is 10.1. The van der Waals surface area contributed by atoms with Gasteiger partial charge in [-0.25, -0.2) is 9.18 Å². The van der Waals surface area contributed by atoms with Crippen molar-refractivity contribution >= 4 is 17.6 Å². The number of hydrogen-bond donors (Lipinski definition) is 2. The van der Waals surface area contributed by atoms with Gasteiger partial charge in [0.25, 0.3) is 0 Å². The van der Waals surface area contributed by atoms with Crippen molar-refractivity contribution in [3.8, 4) is 0 Å². The van der Waals surface area contributed by atoms with Crippen LogP contribution in [0, 0.1) is 5.82 Å². The predicted octanol–water partition coefficient (Wildman–Crippen LogP) is 1.49. The first-order chi connectivity index (χ1) is 9.01. The average molecular weight is 268 g/mol. The highest BCUT2D eigenvalue weighted by atomic mass is 19.1. The Morgan fingerprint density at radius 1 is 1.42 bits per heavy atom. The quantitative estimate of drug-likeness (QED) is 0.820. The van der Waals surface area contributed by atoms with E-state index in [-0.39, 0.29) is 18.1 Å². The zero-order valence-electron chi connectivity index (χ0n) is 10.9. The molecular formula is C13H17FN2O3. The number of likely N-dealkylation sites (N-methyl/N-ethyl adjacent to an activating group) is 1. The molecule has 104 valence electrons. The predicted molar refractivity (Wildman–Crippen MR) is 69.9 cm³/mol. The lowest BCUT2D eigenvalue weighted by molar-refractivity contribution is -0.119. The molecule has 0 aliphatic carbocycles. The summed E-state index contributed by atoms with van der Waals surface area (Å²) in [5.41, 5.74) is -0.183. The Balaban J connectivity index is 3.18. The molecule has 0 unspecified atom stereocenters. The smallest absolute Gasteiger partial charge is 0.340 e. The number of carboxylic acid groups (broad SMARTS) is 1. The van der Waals surface area contributed by atoms with Crippen molar-refractivity contribution < 1.29 is 19.1 Å². The zero-order chi connectivity index (χ0) is 14.4. The van der Waals surface area contributed by atoms with Gasteiger partial charge < -0.3 is 15.3 Å². The molecule has 1 aromatic carbocycles. The second kappa shape index (κ2) is 6.72. The van der Waals surface area contributed by atoms with Crippen molar-refractivity contribution in [3.63, 3.8) is 0 Å². The standard InChI is InChI=1S/C13H17FN2O3/c1-3-7-16(8-11(17)15-2)10-6-4-5-9(14)12(10)13(18)19/h4-6H,3,7-8H2,1-2H3,(H,15,17)(H,18,19). The number of aromatic carboxylic acids is 1. The highest BCUT2D eigenvalue weighted by Gasteiger charge is 2.21. The fourth-order valence-electron chi connectivity index (χ4n) is 1.79. The average Bonchev–Trinajstić information content (AvgIpc) is 2.37. The number of carboxylic acids is 1. The maximum Gasteiger partial charge on any atom is 0.340 e. The van der Waals surface area contributed by atoms with Crippen LogP contribution in [0.5, 0.6) is 0 Å². The Morgan fingerprint density at radius 3 is 2.63 bits per heavy atom. The van der Waals surface area contributed by atoms with E-state index in [9.17, 15) is 14.0 Å². The number of carbonyl (C=O) groups excluding carboxylic acids is 1. The molecule has 0 heterocycles. The molecule has 0 fully saturated rings. The summed E-state index contributed by atoms with van der Waals surface area (Å²) >= 11 is 0. The van der Waals surface area contributed by atoms with Crippen LogP contribution in [-0.4, -0.2) is 37.1 Å². The Labute approximate surface area is 111 Å². The van der Waals surface area contributed by atoms with Gasteiger partial charge in [-0.3, -0.25) is 4.79 Å². The molecule has 0 aliphatic rings. The van der Waals surface area contributed by atoms with Crippen molar-refractivity contribution in [3.05, 3.63) is 29.6 Å². The number of anilines is 1. The van der Waals surface area contributed by atoms with Gasteiger partial charge in [-0.15, -0.1) is 0 Å². The van der Waals surface area contributed by atoms with Crippen molar-refractivity contribution in [1.29, 1.82) is 0 Å². The van der Waals surface area contributed by atoms with Crippen LogP contribution >= 0.6 is 0 Å². The summed E-state index contributed by atoms with van der Waals surface area (Å²) in [5.74, 6) is -2.40. The molecule has 0 radical (unpaired) electrons. The number of benzene rings is 1. The van der Waals surface area contributed by atoms with E-state index in [2.05, 4.69) is 5.32 Å².